The summed E-state index contributed by atoms with van der Waals surface area (Å²) in [5.41, 5.74) is 3.80. The number of amidine groups is 1. The number of thioether (sulfide) groups is 1. The highest BCUT2D eigenvalue weighted by atomic mass is 32.2. The summed E-state index contributed by atoms with van der Waals surface area (Å²) in [6.45, 7) is 2.15. The molecule has 2 aromatic rings. The van der Waals surface area contributed by atoms with Crippen molar-refractivity contribution in [2.75, 3.05) is 11.1 Å². The lowest BCUT2D eigenvalue weighted by Crippen LogP contribution is -2.07. The summed E-state index contributed by atoms with van der Waals surface area (Å²) in [6, 6.07) is 19.5. The Morgan fingerprint density at radius 2 is 1.85 bits per heavy atom. The molecule has 1 atom stereocenters. The Morgan fingerprint density at radius 3 is 2.60 bits per heavy atom. The van der Waals surface area contributed by atoms with Crippen molar-refractivity contribution in [3.05, 3.63) is 65.7 Å². The van der Waals surface area contributed by atoms with Gasteiger partial charge in [0.25, 0.3) is 0 Å². The van der Waals surface area contributed by atoms with E-state index in [9.17, 15) is 0 Å². The summed E-state index contributed by atoms with van der Waals surface area (Å²) >= 11 is 1.80. The maximum atomic E-state index is 4.60. The van der Waals surface area contributed by atoms with E-state index in [1.807, 2.05) is 0 Å². The lowest BCUT2D eigenvalue weighted by Gasteiger charge is -2.11. The van der Waals surface area contributed by atoms with Crippen LogP contribution in [-0.4, -0.2) is 17.0 Å². The van der Waals surface area contributed by atoms with Crippen LogP contribution in [0.15, 0.2) is 59.6 Å². The molecule has 20 heavy (non-hydrogen) atoms. The van der Waals surface area contributed by atoms with Crippen LogP contribution >= 0.6 is 11.8 Å². The van der Waals surface area contributed by atoms with Crippen molar-refractivity contribution in [1.29, 1.82) is 0 Å². The van der Waals surface area contributed by atoms with Gasteiger partial charge in [0.1, 0.15) is 0 Å². The third kappa shape index (κ3) is 3.23. The van der Waals surface area contributed by atoms with Gasteiger partial charge in [-0.25, -0.2) is 0 Å². The minimum atomic E-state index is 0.420. The zero-order valence-corrected chi connectivity index (χ0v) is 12.4. The van der Waals surface area contributed by atoms with Crippen molar-refractivity contribution in [3.63, 3.8) is 0 Å². The van der Waals surface area contributed by atoms with Crippen LogP contribution in [0.5, 0.6) is 0 Å². The zero-order chi connectivity index (χ0) is 13.8. The predicted octanol–water partition coefficient (Wildman–Crippen LogP) is 4.18. The van der Waals surface area contributed by atoms with Gasteiger partial charge in [0.15, 0.2) is 5.17 Å². The minimum absolute atomic E-state index is 0.420. The molecule has 2 aromatic carbocycles. The van der Waals surface area contributed by atoms with Gasteiger partial charge in [-0.05, 0) is 30.5 Å². The van der Waals surface area contributed by atoms with Crippen LogP contribution in [0.4, 0.5) is 5.69 Å². The molecule has 0 bridgehead atoms. The Labute approximate surface area is 124 Å². The van der Waals surface area contributed by atoms with E-state index < -0.39 is 0 Å². The Kier molecular flexibility index (Phi) is 4.07. The summed E-state index contributed by atoms with van der Waals surface area (Å²) < 4.78 is 0. The first-order chi connectivity index (χ1) is 9.81. The van der Waals surface area contributed by atoms with Gasteiger partial charge in [-0.1, -0.05) is 60.3 Å². The molecule has 1 N–H and O–H groups in total. The van der Waals surface area contributed by atoms with Gasteiger partial charge in [-0.15, -0.1) is 0 Å². The number of nitrogens with one attached hydrogen (secondary N) is 1. The first-order valence-electron chi connectivity index (χ1n) is 6.91. The van der Waals surface area contributed by atoms with Gasteiger partial charge in [-0.3, -0.25) is 4.99 Å². The van der Waals surface area contributed by atoms with Crippen LogP contribution in [0.2, 0.25) is 0 Å². The van der Waals surface area contributed by atoms with Crippen molar-refractivity contribution in [2.24, 2.45) is 4.99 Å². The summed E-state index contributed by atoms with van der Waals surface area (Å²) in [6.07, 6.45) is 0.942. The van der Waals surface area contributed by atoms with E-state index in [1.54, 1.807) is 11.8 Å². The van der Waals surface area contributed by atoms with Crippen molar-refractivity contribution >= 4 is 22.6 Å². The van der Waals surface area contributed by atoms with E-state index >= 15 is 0 Å². The SMILES string of the molecule is CC1CSC(Nc2ccccc2Cc2ccccc2)=N1. The van der Waals surface area contributed by atoms with Crippen LogP contribution in [0, 0.1) is 0 Å². The molecule has 0 amide bonds. The van der Waals surface area contributed by atoms with E-state index in [2.05, 4.69) is 71.8 Å². The van der Waals surface area contributed by atoms with Crippen molar-refractivity contribution in [2.45, 2.75) is 19.4 Å². The number of benzene rings is 2. The number of para-hydroxylation sites is 1. The molecule has 0 saturated heterocycles. The largest absolute Gasteiger partial charge is 0.335 e. The zero-order valence-electron chi connectivity index (χ0n) is 11.5. The number of aliphatic imine (C=N–C) groups is 1. The average Bonchev–Trinajstić information content (AvgIpc) is 2.88. The molecular weight excluding hydrogens is 264 g/mol. The lowest BCUT2D eigenvalue weighted by atomic mass is 10.0. The maximum Gasteiger partial charge on any atom is 0.161 e. The summed E-state index contributed by atoms with van der Waals surface area (Å²) in [5, 5.41) is 4.51. The van der Waals surface area contributed by atoms with E-state index in [0.717, 1.165) is 23.0 Å². The highest BCUT2D eigenvalue weighted by Gasteiger charge is 2.14. The van der Waals surface area contributed by atoms with E-state index in [0.29, 0.717) is 6.04 Å². The first-order valence-corrected chi connectivity index (χ1v) is 7.89. The number of nitrogens with zero attached hydrogens (tertiary/aromatic N) is 1. The highest BCUT2D eigenvalue weighted by Crippen LogP contribution is 2.24. The maximum absolute atomic E-state index is 4.60. The molecule has 0 spiro atoms. The van der Waals surface area contributed by atoms with Gasteiger partial charge in [-0.2, -0.15) is 0 Å². The molecule has 1 unspecified atom stereocenters. The number of rotatable bonds is 3. The van der Waals surface area contributed by atoms with Gasteiger partial charge in [0.05, 0.1) is 6.04 Å². The van der Waals surface area contributed by atoms with E-state index in [1.165, 1.54) is 11.1 Å². The molecule has 0 radical (unpaired) electrons. The number of hydrogen-bond donors (Lipinski definition) is 1. The van der Waals surface area contributed by atoms with Crippen LogP contribution in [0.1, 0.15) is 18.1 Å². The third-order valence-electron chi connectivity index (χ3n) is 3.30. The fraction of sp³-hybridized carbons (Fsp3) is 0.235. The normalized spacial score (nSPS) is 17.9. The van der Waals surface area contributed by atoms with Crippen molar-refractivity contribution in [3.8, 4) is 0 Å². The fourth-order valence-corrected chi connectivity index (χ4v) is 3.18. The second-order valence-electron chi connectivity index (χ2n) is 5.04. The molecule has 1 heterocycles. The fourth-order valence-electron chi connectivity index (χ4n) is 2.27. The van der Waals surface area contributed by atoms with Crippen molar-refractivity contribution in [1.82, 2.24) is 0 Å². The monoisotopic (exact) mass is 282 g/mol. The Bertz CT molecular complexity index is 607. The topological polar surface area (TPSA) is 24.4 Å². The Morgan fingerprint density at radius 1 is 1.10 bits per heavy atom. The molecule has 0 aromatic heterocycles. The second-order valence-corrected chi connectivity index (χ2v) is 6.05. The summed E-state index contributed by atoms with van der Waals surface area (Å²) in [5.74, 6) is 1.07. The van der Waals surface area contributed by atoms with Gasteiger partial charge < -0.3 is 5.32 Å². The highest BCUT2D eigenvalue weighted by molar-refractivity contribution is 8.14. The molecular formula is C17H18N2S. The van der Waals surface area contributed by atoms with Crippen LogP contribution in [0.25, 0.3) is 0 Å². The van der Waals surface area contributed by atoms with E-state index in [4.69, 9.17) is 0 Å². The van der Waals surface area contributed by atoms with E-state index in [-0.39, 0.29) is 0 Å². The molecule has 3 rings (SSSR count). The van der Waals surface area contributed by atoms with Crippen LogP contribution in [0.3, 0.4) is 0 Å². The van der Waals surface area contributed by atoms with Gasteiger partial charge in [0, 0.05) is 11.4 Å². The average molecular weight is 282 g/mol. The summed E-state index contributed by atoms with van der Waals surface area (Å²) in [4.78, 5) is 4.60. The molecule has 3 heteroatoms. The molecule has 2 nitrogen and oxygen atoms in total. The second kappa shape index (κ2) is 6.14. The molecule has 102 valence electrons. The molecule has 0 aliphatic carbocycles. The number of hydrogen-bond acceptors (Lipinski definition) is 3. The standard InChI is InChI=1S/C17H18N2S/c1-13-12-20-17(18-13)19-16-10-6-5-9-15(16)11-14-7-3-2-4-8-14/h2-10,13H,11-12H2,1H3,(H,18,19). The smallest absolute Gasteiger partial charge is 0.161 e. The molecule has 1 aliphatic rings. The van der Waals surface area contributed by atoms with Gasteiger partial charge >= 0.3 is 0 Å². The third-order valence-corrected chi connectivity index (χ3v) is 4.43. The van der Waals surface area contributed by atoms with Gasteiger partial charge in [0.2, 0.25) is 0 Å². The lowest BCUT2D eigenvalue weighted by molar-refractivity contribution is 0.865. The van der Waals surface area contributed by atoms with Crippen LogP contribution < -0.4 is 5.32 Å². The molecule has 1 aliphatic heterocycles. The minimum Gasteiger partial charge on any atom is -0.335 e. The Hall–Kier alpha value is -1.74. The number of anilines is 1. The predicted molar refractivity (Wildman–Crippen MR) is 88.7 cm³/mol. The van der Waals surface area contributed by atoms with Crippen molar-refractivity contribution < 1.29 is 0 Å². The first kappa shape index (κ1) is 13.3. The van der Waals surface area contributed by atoms with Crippen LogP contribution in [-0.2, 0) is 6.42 Å². The molecule has 0 saturated carbocycles. The molecule has 0 fully saturated rings. The quantitative estimate of drug-likeness (QED) is 0.913. The summed E-state index contributed by atoms with van der Waals surface area (Å²) in [7, 11) is 0. The Balaban J connectivity index is 1.80.